The van der Waals surface area contributed by atoms with E-state index in [0.717, 1.165) is 24.1 Å². The van der Waals surface area contributed by atoms with Crippen molar-refractivity contribution in [2.45, 2.75) is 65.5 Å². The number of hydrogen-bond acceptors (Lipinski definition) is 2. The molecule has 1 aromatic rings. The van der Waals surface area contributed by atoms with Gasteiger partial charge in [-0.15, -0.1) is 0 Å². The Balaban J connectivity index is 1.92. The van der Waals surface area contributed by atoms with Crippen molar-refractivity contribution < 1.29 is 0 Å². The molecule has 1 fully saturated rings. The smallest absolute Gasteiger partial charge is 0.203 e. The average Bonchev–Trinajstić information content (AvgIpc) is 3.00. The lowest BCUT2D eigenvalue weighted by Gasteiger charge is -2.15. The zero-order valence-electron chi connectivity index (χ0n) is 11.4. The van der Waals surface area contributed by atoms with Crippen molar-refractivity contribution in [3.63, 3.8) is 0 Å². The molecule has 1 aliphatic carbocycles. The second-order valence-electron chi connectivity index (χ2n) is 5.48. The fraction of sp³-hybridized carbons (Fsp3) is 0.786. The van der Waals surface area contributed by atoms with E-state index < -0.39 is 0 Å². The number of nitrogens with zero attached hydrogens (tertiary/aromatic N) is 2. The minimum atomic E-state index is 0.546. The average molecular weight is 235 g/mol. The minimum absolute atomic E-state index is 0.546. The summed E-state index contributed by atoms with van der Waals surface area (Å²) in [5, 5.41) is 3.56. The van der Waals surface area contributed by atoms with E-state index in [2.05, 4.69) is 41.8 Å². The number of rotatable bonds is 7. The third kappa shape index (κ3) is 3.76. The van der Waals surface area contributed by atoms with E-state index in [-0.39, 0.29) is 0 Å². The fourth-order valence-electron chi connectivity index (χ4n) is 2.29. The summed E-state index contributed by atoms with van der Waals surface area (Å²) in [7, 11) is 0. The number of nitrogens with one attached hydrogen (secondary N) is 1. The number of anilines is 1. The van der Waals surface area contributed by atoms with Crippen molar-refractivity contribution >= 4 is 5.95 Å². The van der Waals surface area contributed by atoms with Gasteiger partial charge in [0, 0.05) is 18.8 Å². The second-order valence-corrected chi connectivity index (χ2v) is 5.48. The lowest BCUT2D eigenvalue weighted by molar-refractivity contribution is 0.606. The zero-order chi connectivity index (χ0) is 12.3. The summed E-state index contributed by atoms with van der Waals surface area (Å²) in [6, 6.07) is 0.546. The molecule has 0 aliphatic heterocycles. The van der Waals surface area contributed by atoms with Crippen molar-refractivity contribution in [1.82, 2.24) is 9.55 Å². The van der Waals surface area contributed by atoms with E-state index in [1.807, 2.05) is 0 Å². The maximum absolute atomic E-state index is 4.58. The molecule has 17 heavy (non-hydrogen) atoms. The molecule has 1 aromatic heterocycles. The van der Waals surface area contributed by atoms with Crippen LogP contribution < -0.4 is 5.32 Å². The van der Waals surface area contributed by atoms with Gasteiger partial charge in [-0.2, -0.15) is 0 Å². The SMILES string of the molecule is CCCCn1cc(C)nc1NC(C)CC1CC1. The second kappa shape index (κ2) is 5.56. The maximum Gasteiger partial charge on any atom is 0.203 e. The van der Waals surface area contributed by atoms with Gasteiger partial charge in [-0.1, -0.05) is 26.2 Å². The Bertz CT molecular complexity index is 352. The van der Waals surface area contributed by atoms with Gasteiger partial charge in [0.1, 0.15) is 0 Å². The van der Waals surface area contributed by atoms with E-state index in [1.54, 1.807) is 0 Å². The van der Waals surface area contributed by atoms with Crippen molar-refractivity contribution in [3.8, 4) is 0 Å². The Labute approximate surface area is 105 Å². The molecule has 1 saturated carbocycles. The molecule has 3 heteroatoms. The molecule has 1 aliphatic rings. The summed E-state index contributed by atoms with van der Waals surface area (Å²) >= 11 is 0. The predicted octanol–water partition coefficient (Wildman–Crippen LogP) is 3.59. The molecule has 0 spiro atoms. The molecule has 1 N–H and O–H groups in total. The number of aryl methyl sites for hydroxylation is 2. The van der Waals surface area contributed by atoms with E-state index in [0.29, 0.717) is 6.04 Å². The molecular formula is C14H25N3. The van der Waals surface area contributed by atoms with Gasteiger partial charge in [0.25, 0.3) is 0 Å². The van der Waals surface area contributed by atoms with E-state index in [4.69, 9.17) is 0 Å². The monoisotopic (exact) mass is 235 g/mol. The van der Waals surface area contributed by atoms with Gasteiger partial charge in [-0.3, -0.25) is 0 Å². The first-order valence-corrected chi connectivity index (χ1v) is 6.99. The topological polar surface area (TPSA) is 29.9 Å². The minimum Gasteiger partial charge on any atom is -0.353 e. The first-order chi connectivity index (χ1) is 8.19. The van der Waals surface area contributed by atoms with E-state index in [1.165, 1.54) is 32.1 Å². The predicted molar refractivity (Wildman–Crippen MR) is 72.3 cm³/mol. The van der Waals surface area contributed by atoms with Crippen LogP contribution in [0.15, 0.2) is 6.20 Å². The number of unbranched alkanes of at least 4 members (excludes halogenated alkanes) is 1. The largest absolute Gasteiger partial charge is 0.353 e. The highest BCUT2D eigenvalue weighted by molar-refractivity contribution is 5.30. The van der Waals surface area contributed by atoms with Gasteiger partial charge in [0.05, 0.1) is 5.69 Å². The first-order valence-electron chi connectivity index (χ1n) is 6.99. The van der Waals surface area contributed by atoms with Crippen LogP contribution in [-0.2, 0) is 6.54 Å². The lowest BCUT2D eigenvalue weighted by atomic mass is 10.2. The molecule has 0 amide bonds. The third-order valence-corrected chi connectivity index (χ3v) is 3.41. The Morgan fingerprint density at radius 3 is 2.94 bits per heavy atom. The molecule has 96 valence electrons. The van der Waals surface area contributed by atoms with Gasteiger partial charge in [-0.05, 0) is 32.6 Å². The lowest BCUT2D eigenvalue weighted by Crippen LogP contribution is -2.19. The normalized spacial score (nSPS) is 17.1. The highest BCUT2D eigenvalue weighted by atomic mass is 15.2. The molecule has 1 atom stereocenters. The van der Waals surface area contributed by atoms with Crippen molar-refractivity contribution in [2.24, 2.45) is 5.92 Å². The van der Waals surface area contributed by atoms with Crippen LogP contribution in [0.2, 0.25) is 0 Å². The highest BCUT2D eigenvalue weighted by Crippen LogP contribution is 2.34. The molecule has 3 nitrogen and oxygen atoms in total. The summed E-state index contributed by atoms with van der Waals surface area (Å²) < 4.78 is 2.27. The van der Waals surface area contributed by atoms with Gasteiger partial charge in [0.2, 0.25) is 5.95 Å². The zero-order valence-corrected chi connectivity index (χ0v) is 11.4. The van der Waals surface area contributed by atoms with Crippen molar-refractivity contribution in [3.05, 3.63) is 11.9 Å². The van der Waals surface area contributed by atoms with Crippen LogP contribution >= 0.6 is 0 Å². The highest BCUT2D eigenvalue weighted by Gasteiger charge is 2.24. The molecular weight excluding hydrogens is 210 g/mol. The number of imidazole rings is 1. The van der Waals surface area contributed by atoms with E-state index in [9.17, 15) is 0 Å². The van der Waals surface area contributed by atoms with Crippen LogP contribution in [0.25, 0.3) is 0 Å². The van der Waals surface area contributed by atoms with Crippen LogP contribution in [0.5, 0.6) is 0 Å². The molecule has 2 rings (SSSR count). The molecule has 0 bridgehead atoms. The van der Waals surface area contributed by atoms with E-state index >= 15 is 0 Å². The summed E-state index contributed by atoms with van der Waals surface area (Å²) in [4.78, 5) is 4.58. The van der Waals surface area contributed by atoms with Crippen LogP contribution in [0.1, 0.15) is 51.6 Å². The third-order valence-electron chi connectivity index (χ3n) is 3.41. The summed E-state index contributed by atoms with van der Waals surface area (Å²) in [5.74, 6) is 2.03. The number of hydrogen-bond donors (Lipinski definition) is 1. The maximum atomic E-state index is 4.58. The van der Waals surface area contributed by atoms with Crippen LogP contribution in [-0.4, -0.2) is 15.6 Å². The summed E-state index contributed by atoms with van der Waals surface area (Å²) in [6.07, 6.45) is 8.75. The van der Waals surface area contributed by atoms with Crippen LogP contribution in [0.4, 0.5) is 5.95 Å². The Morgan fingerprint density at radius 1 is 1.53 bits per heavy atom. The van der Waals surface area contributed by atoms with Gasteiger partial charge in [0.15, 0.2) is 0 Å². The quantitative estimate of drug-likeness (QED) is 0.782. The first kappa shape index (κ1) is 12.5. The van der Waals surface area contributed by atoms with Gasteiger partial charge >= 0.3 is 0 Å². The van der Waals surface area contributed by atoms with Gasteiger partial charge < -0.3 is 9.88 Å². The molecule has 0 aromatic carbocycles. The molecule has 1 unspecified atom stereocenters. The van der Waals surface area contributed by atoms with Crippen LogP contribution in [0.3, 0.4) is 0 Å². The van der Waals surface area contributed by atoms with Crippen molar-refractivity contribution in [1.29, 1.82) is 0 Å². The standard InChI is InChI=1S/C14H25N3/c1-4-5-8-17-10-12(3)16-14(17)15-11(2)9-13-6-7-13/h10-11,13H,4-9H2,1-3H3,(H,15,16). The fourth-order valence-corrected chi connectivity index (χ4v) is 2.29. The summed E-state index contributed by atoms with van der Waals surface area (Å²) in [6.45, 7) is 7.65. The number of aromatic nitrogens is 2. The van der Waals surface area contributed by atoms with Crippen molar-refractivity contribution in [2.75, 3.05) is 5.32 Å². The molecule has 1 heterocycles. The Kier molecular flexibility index (Phi) is 4.08. The van der Waals surface area contributed by atoms with Gasteiger partial charge in [-0.25, -0.2) is 4.98 Å². The Morgan fingerprint density at radius 2 is 2.29 bits per heavy atom. The van der Waals surface area contributed by atoms with Crippen LogP contribution in [0, 0.1) is 12.8 Å². The Hall–Kier alpha value is -0.990. The molecule has 0 saturated heterocycles. The molecule has 0 radical (unpaired) electrons. The summed E-state index contributed by atoms with van der Waals surface area (Å²) in [5.41, 5.74) is 1.11.